The number of aromatic amines is 1. The van der Waals surface area contributed by atoms with Crippen LogP contribution in [0.2, 0.25) is 0 Å². The van der Waals surface area contributed by atoms with Crippen LogP contribution in [0.1, 0.15) is 31.5 Å². The number of hydrogen-bond acceptors (Lipinski definition) is 3. The van der Waals surface area contributed by atoms with E-state index in [1.54, 1.807) is 20.0 Å². The first-order chi connectivity index (χ1) is 9.41. The van der Waals surface area contributed by atoms with Gasteiger partial charge in [-0.15, -0.1) is 0 Å². The summed E-state index contributed by atoms with van der Waals surface area (Å²) in [6, 6.07) is -1.32. The molecule has 4 N–H and O–H groups in total. The molecule has 1 aromatic rings. The number of amides is 2. The number of aliphatic carboxylic acids is 1. The van der Waals surface area contributed by atoms with E-state index in [-0.39, 0.29) is 5.92 Å². The zero-order valence-electron chi connectivity index (χ0n) is 12.1. The number of carbonyl (C=O) groups excluding carboxylic acids is 1. The lowest BCUT2D eigenvalue weighted by molar-refractivity contribution is -0.140. The molecule has 7 nitrogen and oxygen atoms in total. The van der Waals surface area contributed by atoms with Gasteiger partial charge in [-0.3, -0.25) is 5.10 Å². The number of hydrogen-bond donors (Lipinski definition) is 4. The van der Waals surface area contributed by atoms with Crippen LogP contribution in [0.5, 0.6) is 0 Å². The third-order valence-corrected chi connectivity index (χ3v) is 3.06. The largest absolute Gasteiger partial charge is 0.480 e. The molecule has 20 heavy (non-hydrogen) atoms. The average molecular weight is 282 g/mol. The summed E-state index contributed by atoms with van der Waals surface area (Å²) in [5.41, 5.74) is 2.15. The number of urea groups is 1. The van der Waals surface area contributed by atoms with Crippen molar-refractivity contribution < 1.29 is 14.7 Å². The third kappa shape index (κ3) is 4.91. The molecule has 1 heterocycles. The number of nitrogens with zero attached hydrogens (tertiary/aromatic N) is 1. The van der Waals surface area contributed by atoms with Gasteiger partial charge >= 0.3 is 12.0 Å². The van der Waals surface area contributed by atoms with E-state index in [4.69, 9.17) is 5.11 Å². The van der Waals surface area contributed by atoms with Crippen LogP contribution in [0, 0.1) is 12.8 Å². The highest BCUT2D eigenvalue weighted by Gasteiger charge is 2.22. The molecule has 1 rings (SSSR count). The van der Waals surface area contributed by atoms with Crippen LogP contribution < -0.4 is 10.6 Å². The van der Waals surface area contributed by atoms with Crippen LogP contribution in [0.15, 0.2) is 6.20 Å². The predicted molar refractivity (Wildman–Crippen MR) is 74.4 cm³/mol. The van der Waals surface area contributed by atoms with E-state index < -0.39 is 18.0 Å². The normalized spacial score (nSPS) is 12.2. The maximum atomic E-state index is 11.6. The summed E-state index contributed by atoms with van der Waals surface area (Å²) < 4.78 is 0. The van der Waals surface area contributed by atoms with Crippen LogP contribution in [-0.4, -0.2) is 39.9 Å². The highest BCUT2D eigenvalue weighted by atomic mass is 16.4. The lowest BCUT2D eigenvalue weighted by Gasteiger charge is -2.18. The van der Waals surface area contributed by atoms with Crippen molar-refractivity contribution in [1.29, 1.82) is 0 Å². The first kappa shape index (κ1) is 16.0. The summed E-state index contributed by atoms with van der Waals surface area (Å²) in [4.78, 5) is 22.5. The lowest BCUT2D eigenvalue weighted by atomic mass is 10.1. The van der Waals surface area contributed by atoms with Gasteiger partial charge in [-0.05, 0) is 31.2 Å². The Labute approximate surface area is 118 Å². The molecule has 7 heteroatoms. The fraction of sp³-hybridized carbons (Fsp3) is 0.615. The van der Waals surface area contributed by atoms with Gasteiger partial charge in [-0.1, -0.05) is 13.8 Å². The molecule has 0 aliphatic carbocycles. The Morgan fingerprint density at radius 1 is 1.45 bits per heavy atom. The van der Waals surface area contributed by atoms with E-state index in [1.165, 1.54) is 0 Å². The first-order valence-electron chi connectivity index (χ1n) is 6.67. The minimum absolute atomic E-state index is 0.160. The Bertz CT molecular complexity index is 456. The van der Waals surface area contributed by atoms with Gasteiger partial charge in [0.15, 0.2) is 0 Å². The zero-order chi connectivity index (χ0) is 15.1. The van der Waals surface area contributed by atoms with Crippen LogP contribution in [0.3, 0.4) is 0 Å². The second-order valence-electron chi connectivity index (χ2n) is 5.08. The van der Waals surface area contributed by atoms with Crippen molar-refractivity contribution in [3.63, 3.8) is 0 Å². The third-order valence-electron chi connectivity index (χ3n) is 3.06. The Balaban J connectivity index is 2.26. The molecular formula is C13H22N4O3. The van der Waals surface area contributed by atoms with Gasteiger partial charge in [0.05, 0.1) is 6.20 Å². The fourth-order valence-corrected chi connectivity index (χ4v) is 1.81. The number of aryl methyl sites for hydroxylation is 2. The molecule has 0 fully saturated rings. The molecule has 0 radical (unpaired) electrons. The summed E-state index contributed by atoms with van der Waals surface area (Å²) in [5, 5.41) is 20.9. The number of carboxylic acids is 1. The molecule has 0 bridgehead atoms. The minimum Gasteiger partial charge on any atom is -0.480 e. The fourth-order valence-electron chi connectivity index (χ4n) is 1.81. The van der Waals surface area contributed by atoms with Crippen LogP contribution in [0.4, 0.5) is 4.79 Å². The summed E-state index contributed by atoms with van der Waals surface area (Å²) in [6.45, 7) is 5.94. The van der Waals surface area contributed by atoms with Crippen LogP contribution in [-0.2, 0) is 11.2 Å². The number of H-pyrrole nitrogens is 1. The quantitative estimate of drug-likeness (QED) is 0.561. The molecule has 0 aromatic carbocycles. The standard InChI is InChI=1S/C13H22N4O3/c1-8(2)11(12(18)19)16-13(20)14-6-4-5-10-7-15-17-9(10)3/h7-8,11H,4-6H2,1-3H3,(H,15,17)(H,18,19)(H2,14,16,20)/t11-/m0/s1. The van der Waals surface area contributed by atoms with Crippen LogP contribution in [0.25, 0.3) is 0 Å². The van der Waals surface area contributed by atoms with E-state index in [0.717, 1.165) is 24.1 Å². The van der Waals surface area contributed by atoms with Gasteiger partial charge in [-0.25, -0.2) is 9.59 Å². The van der Waals surface area contributed by atoms with Gasteiger partial charge in [0, 0.05) is 12.2 Å². The monoisotopic (exact) mass is 282 g/mol. The summed E-state index contributed by atoms with van der Waals surface area (Å²) >= 11 is 0. The SMILES string of the molecule is Cc1[nH]ncc1CCCNC(=O)N[C@H](C(=O)O)C(C)C. The van der Waals surface area contributed by atoms with Crippen molar-refractivity contribution in [2.45, 2.75) is 39.7 Å². The Hall–Kier alpha value is -2.05. The molecule has 0 spiro atoms. The molecular weight excluding hydrogens is 260 g/mol. The van der Waals surface area contributed by atoms with Gasteiger partial charge in [0.1, 0.15) is 6.04 Å². The molecule has 0 unspecified atom stereocenters. The van der Waals surface area contributed by atoms with E-state index in [2.05, 4.69) is 20.8 Å². The van der Waals surface area contributed by atoms with E-state index in [1.807, 2.05) is 6.92 Å². The highest BCUT2D eigenvalue weighted by molar-refractivity contribution is 5.82. The number of rotatable bonds is 7. The number of carbonyl (C=O) groups is 2. The number of aromatic nitrogens is 2. The van der Waals surface area contributed by atoms with Crippen molar-refractivity contribution in [2.24, 2.45) is 5.92 Å². The Kier molecular flexibility index (Phi) is 6.02. The van der Waals surface area contributed by atoms with Gasteiger partial charge in [-0.2, -0.15) is 5.10 Å². The smallest absolute Gasteiger partial charge is 0.326 e. The van der Waals surface area contributed by atoms with Crippen molar-refractivity contribution in [3.8, 4) is 0 Å². The minimum atomic E-state index is -1.02. The lowest BCUT2D eigenvalue weighted by Crippen LogP contribution is -2.48. The molecule has 2 amide bonds. The molecule has 0 aliphatic rings. The first-order valence-corrected chi connectivity index (χ1v) is 6.67. The molecule has 0 aliphatic heterocycles. The zero-order valence-corrected chi connectivity index (χ0v) is 12.1. The molecule has 1 atom stereocenters. The van der Waals surface area contributed by atoms with E-state index >= 15 is 0 Å². The molecule has 0 saturated heterocycles. The highest BCUT2D eigenvalue weighted by Crippen LogP contribution is 2.05. The summed E-state index contributed by atoms with van der Waals surface area (Å²) in [5.74, 6) is -1.18. The average Bonchev–Trinajstić information content (AvgIpc) is 2.76. The summed E-state index contributed by atoms with van der Waals surface area (Å²) in [7, 11) is 0. The van der Waals surface area contributed by atoms with Crippen molar-refractivity contribution in [3.05, 3.63) is 17.5 Å². The summed E-state index contributed by atoms with van der Waals surface area (Å²) in [6.07, 6.45) is 3.36. The Morgan fingerprint density at radius 2 is 2.15 bits per heavy atom. The molecule has 1 aromatic heterocycles. The maximum absolute atomic E-state index is 11.6. The maximum Gasteiger partial charge on any atom is 0.326 e. The number of nitrogens with one attached hydrogen (secondary N) is 3. The van der Waals surface area contributed by atoms with Crippen molar-refractivity contribution in [1.82, 2.24) is 20.8 Å². The van der Waals surface area contributed by atoms with E-state index in [9.17, 15) is 9.59 Å². The molecule has 112 valence electrons. The second kappa shape index (κ2) is 7.52. The van der Waals surface area contributed by atoms with Gasteiger partial charge in [0.2, 0.25) is 0 Å². The Morgan fingerprint density at radius 3 is 2.65 bits per heavy atom. The van der Waals surface area contributed by atoms with Gasteiger partial charge in [0.25, 0.3) is 0 Å². The van der Waals surface area contributed by atoms with Gasteiger partial charge < -0.3 is 15.7 Å². The topological polar surface area (TPSA) is 107 Å². The number of carboxylic acid groups (broad SMARTS) is 1. The van der Waals surface area contributed by atoms with Crippen molar-refractivity contribution >= 4 is 12.0 Å². The molecule has 0 saturated carbocycles. The van der Waals surface area contributed by atoms with Crippen LogP contribution >= 0.6 is 0 Å². The predicted octanol–water partition coefficient (Wildman–Crippen LogP) is 1.06. The van der Waals surface area contributed by atoms with E-state index in [0.29, 0.717) is 6.54 Å². The second-order valence-corrected chi connectivity index (χ2v) is 5.08. The van der Waals surface area contributed by atoms with Crippen molar-refractivity contribution in [2.75, 3.05) is 6.54 Å².